The summed E-state index contributed by atoms with van der Waals surface area (Å²) in [5, 5.41) is 5.06. The predicted octanol–water partition coefficient (Wildman–Crippen LogP) is 0.535. The van der Waals surface area contributed by atoms with Crippen LogP contribution in [-0.2, 0) is 9.53 Å². The third-order valence-electron chi connectivity index (χ3n) is 1.90. The van der Waals surface area contributed by atoms with Crippen LogP contribution in [0.15, 0.2) is 21.4 Å². The minimum atomic E-state index is -0.368. The van der Waals surface area contributed by atoms with Gasteiger partial charge in [0.15, 0.2) is 4.67 Å². The van der Waals surface area contributed by atoms with E-state index >= 15 is 0 Å². The largest absolute Gasteiger partial charge is 0.457 e. The van der Waals surface area contributed by atoms with Gasteiger partial charge in [-0.15, -0.1) is 0 Å². The molecule has 0 spiro atoms. The molecule has 0 unspecified atom stereocenters. The highest BCUT2D eigenvalue weighted by Gasteiger charge is 2.13. The Labute approximate surface area is 107 Å². The molecule has 0 aliphatic carbocycles. The minimum absolute atomic E-state index is 0.0832. The third kappa shape index (κ3) is 4.58. The molecule has 1 aromatic heterocycles. The van der Waals surface area contributed by atoms with Crippen LogP contribution in [0.5, 0.6) is 0 Å². The van der Waals surface area contributed by atoms with Gasteiger partial charge in [-0.25, -0.2) is 0 Å². The SMILES string of the molecule is COCCNC(=O)CNC(=O)c1ccoc1Br. The highest BCUT2D eigenvalue weighted by Crippen LogP contribution is 2.16. The van der Waals surface area contributed by atoms with Crippen molar-refractivity contribution in [1.82, 2.24) is 10.6 Å². The molecule has 0 aromatic carbocycles. The van der Waals surface area contributed by atoms with Crippen molar-refractivity contribution < 1.29 is 18.7 Å². The molecule has 1 rings (SSSR count). The van der Waals surface area contributed by atoms with E-state index in [1.807, 2.05) is 0 Å². The van der Waals surface area contributed by atoms with Gasteiger partial charge >= 0.3 is 0 Å². The molecule has 2 N–H and O–H groups in total. The van der Waals surface area contributed by atoms with Crippen LogP contribution < -0.4 is 10.6 Å². The number of carbonyl (C=O) groups excluding carboxylic acids is 2. The quantitative estimate of drug-likeness (QED) is 0.752. The standard InChI is InChI=1S/C10H13BrN2O4/c1-16-5-3-12-8(14)6-13-10(15)7-2-4-17-9(7)11/h2,4H,3,5-6H2,1H3,(H,12,14)(H,13,15). The lowest BCUT2D eigenvalue weighted by molar-refractivity contribution is -0.120. The van der Waals surface area contributed by atoms with Crippen molar-refractivity contribution >= 4 is 27.7 Å². The Morgan fingerprint density at radius 3 is 2.82 bits per heavy atom. The summed E-state index contributed by atoms with van der Waals surface area (Å²) in [6, 6.07) is 1.52. The van der Waals surface area contributed by atoms with E-state index in [1.54, 1.807) is 7.11 Å². The van der Waals surface area contributed by atoms with Crippen molar-refractivity contribution in [2.45, 2.75) is 0 Å². The fraction of sp³-hybridized carbons (Fsp3) is 0.400. The molecule has 0 aliphatic rings. The molecular weight excluding hydrogens is 292 g/mol. The van der Waals surface area contributed by atoms with Crippen molar-refractivity contribution in [3.05, 3.63) is 22.6 Å². The van der Waals surface area contributed by atoms with E-state index in [0.717, 1.165) is 0 Å². The molecule has 1 aromatic rings. The van der Waals surface area contributed by atoms with Crippen molar-refractivity contribution in [2.75, 3.05) is 26.8 Å². The van der Waals surface area contributed by atoms with Gasteiger partial charge in [0, 0.05) is 13.7 Å². The molecule has 2 amide bonds. The fourth-order valence-electron chi connectivity index (χ4n) is 1.07. The highest BCUT2D eigenvalue weighted by atomic mass is 79.9. The third-order valence-corrected chi connectivity index (χ3v) is 2.51. The number of furan rings is 1. The van der Waals surface area contributed by atoms with Crippen LogP contribution in [0.25, 0.3) is 0 Å². The van der Waals surface area contributed by atoms with Gasteiger partial charge in [0.25, 0.3) is 5.91 Å². The van der Waals surface area contributed by atoms with Gasteiger partial charge in [0.1, 0.15) is 0 Å². The average molecular weight is 305 g/mol. The zero-order valence-electron chi connectivity index (χ0n) is 9.29. The molecule has 17 heavy (non-hydrogen) atoms. The van der Waals surface area contributed by atoms with E-state index in [0.29, 0.717) is 23.4 Å². The van der Waals surface area contributed by atoms with Crippen LogP contribution in [0, 0.1) is 0 Å². The topological polar surface area (TPSA) is 80.6 Å². The number of hydrogen-bond acceptors (Lipinski definition) is 4. The molecule has 0 aliphatic heterocycles. The molecule has 0 bridgehead atoms. The molecule has 0 saturated carbocycles. The molecule has 0 fully saturated rings. The maximum absolute atomic E-state index is 11.6. The van der Waals surface area contributed by atoms with E-state index in [1.165, 1.54) is 12.3 Å². The Bertz CT molecular complexity index is 391. The number of hydrogen-bond donors (Lipinski definition) is 2. The summed E-state index contributed by atoms with van der Waals surface area (Å²) in [5.74, 6) is -0.637. The van der Waals surface area contributed by atoms with Crippen molar-refractivity contribution in [2.24, 2.45) is 0 Å². The van der Waals surface area contributed by atoms with E-state index in [4.69, 9.17) is 9.15 Å². The van der Waals surface area contributed by atoms with Gasteiger partial charge in [-0.2, -0.15) is 0 Å². The molecule has 94 valence electrons. The molecule has 0 radical (unpaired) electrons. The van der Waals surface area contributed by atoms with E-state index in [9.17, 15) is 9.59 Å². The zero-order chi connectivity index (χ0) is 12.7. The smallest absolute Gasteiger partial charge is 0.256 e. The van der Waals surface area contributed by atoms with Gasteiger partial charge < -0.3 is 19.8 Å². The second kappa shape index (κ2) is 7.08. The molecule has 0 atom stereocenters. The average Bonchev–Trinajstić information content (AvgIpc) is 2.73. The molecule has 0 saturated heterocycles. The lowest BCUT2D eigenvalue weighted by Crippen LogP contribution is -2.38. The summed E-state index contributed by atoms with van der Waals surface area (Å²) >= 11 is 3.08. The molecule has 1 heterocycles. The summed E-state index contributed by atoms with van der Waals surface area (Å²) in [5.41, 5.74) is 0.356. The lowest BCUT2D eigenvalue weighted by Gasteiger charge is -2.05. The van der Waals surface area contributed by atoms with E-state index < -0.39 is 0 Å². The molecular formula is C10H13BrN2O4. The maximum atomic E-state index is 11.6. The predicted molar refractivity (Wildman–Crippen MR) is 63.6 cm³/mol. The van der Waals surface area contributed by atoms with Crippen LogP contribution >= 0.6 is 15.9 Å². The Morgan fingerprint density at radius 1 is 1.47 bits per heavy atom. The Morgan fingerprint density at radius 2 is 2.24 bits per heavy atom. The molecule has 7 heteroatoms. The van der Waals surface area contributed by atoms with Gasteiger partial charge in [-0.1, -0.05) is 0 Å². The van der Waals surface area contributed by atoms with Crippen LogP contribution in [0.4, 0.5) is 0 Å². The normalized spacial score (nSPS) is 10.0. The number of rotatable bonds is 6. The van der Waals surface area contributed by atoms with Gasteiger partial charge in [-0.05, 0) is 22.0 Å². The first kappa shape index (κ1) is 13.7. The lowest BCUT2D eigenvalue weighted by atomic mass is 10.3. The van der Waals surface area contributed by atoms with Crippen molar-refractivity contribution in [1.29, 1.82) is 0 Å². The van der Waals surface area contributed by atoms with Gasteiger partial charge in [-0.3, -0.25) is 9.59 Å². The highest BCUT2D eigenvalue weighted by molar-refractivity contribution is 9.10. The number of carbonyl (C=O) groups is 2. The van der Waals surface area contributed by atoms with Crippen LogP contribution in [0.1, 0.15) is 10.4 Å². The first-order valence-electron chi connectivity index (χ1n) is 4.92. The summed E-state index contributed by atoms with van der Waals surface area (Å²) < 4.78 is 10.0. The number of nitrogens with one attached hydrogen (secondary N) is 2. The van der Waals surface area contributed by atoms with Crippen molar-refractivity contribution in [3.8, 4) is 0 Å². The van der Waals surface area contributed by atoms with Gasteiger partial charge in [0.2, 0.25) is 5.91 Å². The number of ether oxygens (including phenoxy) is 1. The zero-order valence-corrected chi connectivity index (χ0v) is 10.9. The molecule has 6 nitrogen and oxygen atoms in total. The Balaban J connectivity index is 2.29. The van der Waals surface area contributed by atoms with Crippen LogP contribution in [0.3, 0.4) is 0 Å². The first-order valence-corrected chi connectivity index (χ1v) is 5.71. The van der Waals surface area contributed by atoms with Crippen LogP contribution in [0.2, 0.25) is 0 Å². The number of amides is 2. The van der Waals surface area contributed by atoms with Crippen LogP contribution in [-0.4, -0.2) is 38.6 Å². The van der Waals surface area contributed by atoms with Gasteiger partial charge in [0.05, 0.1) is 25.0 Å². The summed E-state index contributed by atoms with van der Waals surface area (Å²) in [7, 11) is 1.55. The number of methoxy groups -OCH3 is 1. The van der Waals surface area contributed by atoms with E-state index in [-0.39, 0.29) is 18.4 Å². The van der Waals surface area contributed by atoms with Crippen molar-refractivity contribution in [3.63, 3.8) is 0 Å². The summed E-state index contributed by atoms with van der Waals surface area (Å²) in [4.78, 5) is 22.8. The van der Waals surface area contributed by atoms with E-state index in [2.05, 4.69) is 26.6 Å². The number of halogens is 1. The Kier molecular flexibility index (Phi) is 5.71. The second-order valence-electron chi connectivity index (χ2n) is 3.13. The first-order chi connectivity index (χ1) is 8.15. The fourth-order valence-corrected chi connectivity index (χ4v) is 1.49. The Hall–Kier alpha value is -1.34. The minimum Gasteiger partial charge on any atom is -0.457 e. The summed E-state index contributed by atoms with van der Waals surface area (Å²) in [6.07, 6.45) is 1.39. The second-order valence-corrected chi connectivity index (χ2v) is 3.85. The monoisotopic (exact) mass is 304 g/mol. The maximum Gasteiger partial charge on any atom is 0.256 e. The summed E-state index contributed by atoms with van der Waals surface area (Å²) in [6.45, 7) is 0.772.